The largest absolute Gasteiger partial charge is 0.508 e. The summed E-state index contributed by atoms with van der Waals surface area (Å²) in [5, 5.41) is 9.69. The van der Waals surface area contributed by atoms with Gasteiger partial charge in [-0.05, 0) is 31.0 Å². The van der Waals surface area contributed by atoms with Crippen molar-refractivity contribution in [3.05, 3.63) is 23.8 Å². The lowest BCUT2D eigenvalue weighted by molar-refractivity contribution is 0.0861. The zero-order valence-corrected chi connectivity index (χ0v) is 9.57. The number of benzene rings is 1. The Hall–Kier alpha value is -1.26. The van der Waals surface area contributed by atoms with Gasteiger partial charge >= 0.3 is 0 Å². The fourth-order valence-corrected chi connectivity index (χ4v) is 2.04. The smallest absolute Gasteiger partial charge is 0.120 e. The van der Waals surface area contributed by atoms with Crippen LogP contribution in [0.3, 0.4) is 0 Å². The van der Waals surface area contributed by atoms with E-state index in [1.165, 1.54) is 18.5 Å². The molecule has 1 fully saturated rings. The van der Waals surface area contributed by atoms with Crippen LogP contribution in [0.25, 0.3) is 0 Å². The minimum Gasteiger partial charge on any atom is -0.508 e. The van der Waals surface area contributed by atoms with E-state index in [1.807, 2.05) is 12.1 Å². The number of hydroxylamine groups is 1. The molecule has 0 radical (unpaired) electrons. The highest BCUT2D eigenvalue weighted by atomic mass is 16.6. The number of nitrogens with one attached hydrogen (secondary N) is 1. The van der Waals surface area contributed by atoms with Gasteiger partial charge < -0.3 is 14.8 Å². The Labute approximate surface area is 95.8 Å². The molecule has 1 aliphatic heterocycles. The Morgan fingerprint density at radius 3 is 2.81 bits per heavy atom. The van der Waals surface area contributed by atoms with Gasteiger partial charge in [-0.15, -0.1) is 0 Å². The molecule has 1 heterocycles. The van der Waals surface area contributed by atoms with Crippen LogP contribution in [0, 0.1) is 0 Å². The molecule has 0 amide bonds. The first-order chi connectivity index (χ1) is 7.81. The molecular weight excluding hydrogens is 204 g/mol. The van der Waals surface area contributed by atoms with Gasteiger partial charge in [-0.25, -0.2) is 0 Å². The van der Waals surface area contributed by atoms with Gasteiger partial charge in [0.25, 0.3) is 0 Å². The third-order valence-corrected chi connectivity index (χ3v) is 2.94. The molecule has 1 saturated heterocycles. The molecule has 88 valence electrons. The molecule has 4 heteroatoms. The third kappa shape index (κ3) is 2.46. The fraction of sp³-hybridized carbons (Fsp3) is 0.500. The van der Waals surface area contributed by atoms with Crippen molar-refractivity contribution in [3.63, 3.8) is 0 Å². The van der Waals surface area contributed by atoms with E-state index < -0.39 is 0 Å². The van der Waals surface area contributed by atoms with Crippen LogP contribution in [0.15, 0.2) is 18.2 Å². The van der Waals surface area contributed by atoms with Crippen LogP contribution in [0.1, 0.15) is 18.4 Å². The number of rotatable bonds is 4. The van der Waals surface area contributed by atoms with Crippen LogP contribution >= 0.6 is 0 Å². The lowest BCUT2D eigenvalue weighted by Crippen LogP contribution is -2.18. The molecule has 0 aromatic heterocycles. The summed E-state index contributed by atoms with van der Waals surface area (Å²) in [5.74, 6) is 0.312. The highest BCUT2D eigenvalue weighted by Crippen LogP contribution is 2.26. The van der Waals surface area contributed by atoms with Crippen molar-refractivity contribution in [2.45, 2.75) is 19.4 Å². The van der Waals surface area contributed by atoms with Crippen LogP contribution in [0.4, 0.5) is 5.69 Å². The van der Waals surface area contributed by atoms with Crippen LogP contribution < -0.4 is 10.4 Å². The second-order valence-electron chi connectivity index (χ2n) is 4.03. The number of anilines is 1. The molecule has 0 spiro atoms. The second-order valence-corrected chi connectivity index (χ2v) is 4.03. The van der Waals surface area contributed by atoms with Crippen molar-refractivity contribution in [3.8, 4) is 5.75 Å². The van der Waals surface area contributed by atoms with Crippen molar-refractivity contribution >= 4 is 5.69 Å². The average molecular weight is 222 g/mol. The van der Waals surface area contributed by atoms with Crippen LogP contribution in [-0.2, 0) is 11.4 Å². The van der Waals surface area contributed by atoms with Gasteiger partial charge in [0.15, 0.2) is 0 Å². The van der Waals surface area contributed by atoms with Gasteiger partial charge in [0, 0.05) is 30.9 Å². The summed E-state index contributed by atoms with van der Waals surface area (Å²) in [5.41, 5.74) is 4.80. The highest BCUT2D eigenvalue weighted by molar-refractivity contribution is 5.53. The molecule has 2 N–H and O–H groups in total. The Morgan fingerprint density at radius 1 is 1.38 bits per heavy atom. The van der Waals surface area contributed by atoms with Gasteiger partial charge in [0.05, 0.1) is 7.11 Å². The zero-order valence-electron chi connectivity index (χ0n) is 9.57. The standard InChI is InChI=1S/C12H18N2O2/c1-16-13-9-10-8-11(4-5-12(10)15)14-6-2-3-7-14/h4-5,8,13,15H,2-3,6-7,9H2,1H3. The molecule has 0 atom stereocenters. The highest BCUT2D eigenvalue weighted by Gasteiger charge is 2.13. The molecular formula is C12H18N2O2. The molecule has 0 unspecified atom stereocenters. The Bertz CT molecular complexity index is 349. The van der Waals surface area contributed by atoms with E-state index in [4.69, 9.17) is 4.84 Å². The van der Waals surface area contributed by atoms with E-state index in [2.05, 4.69) is 10.4 Å². The molecule has 2 rings (SSSR count). The molecule has 0 aliphatic carbocycles. The minimum absolute atomic E-state index is 0.312. The van der Waals surface area contributed by atoms with E-state index in [1.54, 1.807) is 13.2 Å². The molecule has 1 aromatic rings. The molecule has 1 aromatic carbocycles. The number of hydrogen-bond acceptors (Lipinski definition) is 4. The van der Waals surface area contributed by atoms with Gasteiger partial charge in [0.2, 0.25) is 0 Å². The van der Waals surface area contributed by atoms with Gasteiger partial charge in [0.1, 0.15) is 5.75 Å². The lowest BCUT2D eigenvalue weighted by atomic mass is 10.1. The third-order valence-electron chi connectivity index (χ3n) is 2.94. The summed E-state index contributed by atoms with van der Waals surface area (Å²) in [7, 11) is 1.57. The van der Waals surface area contributed by atoms with E-state index in [0.29, 0.717) is 12.3 Å². The first kappa shape index (κ1) is 11.2. The summed E-state index contributed by atoms with van der Waals surface area (Å²) in [6.45, 7) is 2.74. The molecule has 0 bridgehead atoms. The summed E-state index contributed by atoms with van der Waals surface area (Å²) < 4.78 is 0. The quantitative estimate of drug-likeness (QED) is 0.760. The van der Waals surface area contributed by atoms with Crippen molar-refractivity contribution in [2.75, 3.05) is 25.1 Å². The lowest BCUT2D eigenvalue weighted by Gasteiger charge is -2.19. The van der Waals surface area contributed by atoms with Crippen LogP contribution in [-0.4, -0.2) is 25.3 Å². The SMILES string of the molecule is CONCc1cc(N2CCCC2)ccc1O. The van der Waals surface area contributed by atoms with Gasteiger partial charge in [-0.2, -0.15) is 5.48 Å². The Balaban J connectivity index is 2.13. The maximum atomic E-state index is 9.69. The number of hydrogen-bond donors (Lipinski definition) is 2. The van der Waals surface area contributed by atoms with Crippen molar-refractivity contribution in [2.24, 2.45) is 0 Å². The predicted molar refractivity (Wildman–Crippen MR) is 63.4 cm³/mol. The van der Waals surface area contributed by atoms with E-state index >= 15 is 0 Å². The fourth-order valence-electron chi connectivity index (χ4n) is 2.04. The zero-order chi connectivity index (χ0) is 11.4. The average Bonchev–Trinajstić information content (AvgIpc) is 2.81. The molecule has 16 heavy (non-hydrogen) atoms. The molecule has 0 saturated carbocycles. The maximum absolute atomic E-state index is 9.69. The van der Waals surface area contributed by atoms with Crippen LogP contribution in [0.5, 0.6) is 5.75 Å². The van der Waals surface area contributed by atoms with E-state index in [9.17, 15) is 5.11 Å². The number of nitrogens with zero attached hydrogens (tertiary/aromatic N) is 1. The van der Waals surface area contributed by atoms with Crippen molar-refractivity contribution in [1.29, 1.82) is 0 Å². The summed E-state index contributed by atoms with van der Waals surface area (Å²) in [4.78, 5) is 7.13. The molecule has 4 nitrogen and oxygen atoms in total. The van der Waals surface area contributed by atoms with E-state index in [-0.39, 0.29) is 0 Å². The summed E-state index contributed by atoms with van der Waals surface area (Å²) in [6, 6.07) is 5.74. The topological polar surface area (TPSA) is 44.7 Å². The first-order valence-corrected chi connectivity index (χ1v) is 5.64. The Kier molecular flexibility index (Phi) is 3.64. The molecule has 1 aliphatic rings. The van der Waals surface area contributed by atoms with Crippen LogP contribution in [0.2, 0.25) is 0 Å². The maximum Gasteiger partial charge on any atom is 0.120 e. The van der Waals surface area contributed by atoms with E-state index in [0.717, 1.165) is 18.7 Å². The predicted octanol–water partition coefficient (Wildman–Crippen LogP) is 1.64. The summed E-state index contributed by atoms with van der Waals surface area (Å²) >= 11 is 0. The normalized spacial score (nSPS) is 15.7. The van der Waals surface area contributed by atoms with Gasteiger partial charge in [-0.3, -0.25) is 0 Å². The number of phenols is 1. The van der Waals surface area contributed by atoms with Gasteiger partial charge in [-0.1, -0.05) is 0 Å². The van der Waals surface area contributed by atoms with Crippen molar-refractivity contribution in [1.82, 2.24) is 5.48 Å². The Morgan fingerprint density at radius 2 is 2.12 bits per heavy atom. The number of aromatic hydroxyl groups is 1. The minimum atomic E-state index is 0.312. The number of phenolic OH excluding ortho intramolecular Hbond substituents is 1. The monoisotopic (exact) mass is 222 g/mol. The summed E-state index contributed by atoms with van der Waals surface area (Å²) in [6.07, 6.45) is 2.51. The first-order valence-electron chi connectivity index (χ1n) is 5.64. The van der Waals surface area contributed by atoms with Crippen molar-refractivity contribution < 1.29 is 9.94 Å². The second kappa shape index (κ2) is 5.18.